The molecule has 0 bridgehead atoms. The van der Waals surface area contributed by atoms with Crippen LogP contribution in [0, 0.1) is 69.0 Å². The number of carboxylic acid groups (broad SMARTS) is 1. The molecule has 2 aromatic rings. The number of carboxylic acids is 1. The largest absolute Gasteiger partial charge is 0.477 e. The number of allylic oxidation sites excluding steroid dienone is 2. The first-order chi connectivity index (χ1) is 30.0. The number of nitrogens with one attached hydrogen (secondary N) is 1. The molecule has 11 heteroatoms. The number of carbonyl (C=O) groups excluding carboxylic acids is 1. The van der Waals surface area contributed by atoms with Gasteiger partial charge in [0.1, 0.15) is 11.4 Å². The average molecular weight is 871 g/mol. The van der Waals surface area contributed by atoms with E-state index in [2.05, 4.69) is 56.1 Å². The Morgan fingerprint density at radius 2 is 1.14 bits per heavy atom. The molecular weight excluding hydrogens is 793 g/mol. The number of rotatable bonds is 9. The van der Waals surface area contributed by atoms with Crippen molar-refractivity contribution in [3.05, 3.63) is 84.5 Å². The number of aliphatic hydroxyl groups excluding tert-OH is 4. The molecule has 8 N–H and O–H groups in total. The minimum atomic E-state index is -0.990. The Bertz CT molecular complexity index is 1880. The van der Waals surface area contributed by atoms with Gasteiger partial charge in [-0.25, -0.2) is 9.78 Å². The van der Waals surface area contributed by atoms with E-state index in [-0.39, 0.29) is 70.5 Å². The molecule has 6 aliphatic carbocycles. The van der Waals surface area contributed by atoms with Crippen molar-refractivity contribution in [2.45, 2.75) is 130 Å². The highest BCUT2D eigenvalue weighted by atomic mass is 16.4. The van der Waals surface area contributed by atoms with Crippen molar-refractivity contribution in [2.75, 3.05) is 26.3 Å². The summed E-state index contributed by atoms with van der Waals surface area (Å²) in [6.45, 7) is 19.9. The molecule has 0 saturated heterocycles. The summed E-state index contributed by atoms with van der Waals surface area (Å²) in [6, 6.07) is 10.2. The van der Waals surface area contributed by atoms with Gasteiger partial charge in [-0.3, -0.25) is 9.78 Å². The van der Waals surface area contributed by atoms with Gasteiger partial charge in [0.25, 0.3) is 5.91 Å². The van der Waals surface area contributed by atoms with E-state index < -0.39 is 5.97 Å². The van der Waals surface area contributed by atoms with Crippen LogP contribution in [0.15, 0.2) is 73.1 Å². The number of aliphatic hydroxyl groups is 4. The number of nitrogens with zero attached hydrogens (tertiary/aromatic N) is 2. The molecule has 0 unspecified atom stereocenters. The molecule has 6 fully saturated rings. The first-order valence-corrected chi connectivity index (χ1v) is 23.9. The summed E-state index contributed by atoms with van der Waals surface area (Å²) < 4.78 is 0. The SMILES string of the molecule is C=C1CC[C@H]2[C@H](CN)[C@@H]([C@@]3(C)CC[C@H](O)C[C@@H]3CO)CC[C@]12C.C=C1CC[C@H]2[C@H](CNC(=O)c3ccccn3)[C@@H]([C@@]3(C)CC[C@H](O)C[C@@H]3CO)CC[C@]12C.O=C(O)c1ccccn1. The van der Waals surface area contributed by atoms with Crippen LogP contribution in [-0.4, -0.2) is 85.9 Å². The minimum absolute atomic E-state index is 0.0282. The molecule has 2 aromatic heterocycles. The molecule has 63 heavy (non-hydrogen) atoms. The monoisotopic (exact) mass is 871 g/mol. The fraction of sp³-hybridized carbons (Fsp3) is 0.692. The lowest BCUT2D eigenvalue weighted by molar-refractivity contribution is -0.0928. The smallest absolute Gasteiger partial charge is 0.354 e. The highest BCUT2D eigenvalue weighted by molar-refractivity contribution is 5.92. The number of fused-ring (bicyclic) bond motifs is 2. The normalized spacial score (nSPS) is 39.7. The first kappa shape index (κ1) is 49.0. The standard InChI is InChI=1S/C26H38N2O3.C20H35NO2.C6H5NO2/c1-17-7-8-21-20(15-28-24(31)23-6-4-5-13-27-23)22(10-12-25(17,21)2)26(3)11-9-19(30)14-18(26)16-29;1-13-4-5-17-16(11-21)18(7-9-19(13,17)2)20(3)8-6-15(23)10-14(20)12-22;8-6(9)5-3-1-2-4-7-5/h4-6,13,18-22,29-30H,1,7-12,14-16H2,2-3H3,(H,28,31);14-18,22-23H,1,4-12,21H2,2-3H3;1-4H,(H,8,9)/t18-,19+,20+,21+,22+,25-,26+;14-,15+,16+,17+,18+,19-,20+;/m11./s1. The number of pyridine rings is 2. The second kappa shape index (κ2) is 20.4. The molecule has 2 heterocycles. The third-order valence-electron chi connectivity index (χ3n) is 18.5. The maximum absolute atomic E-state index is 12.8. The predicted octanol–water partition coefficient (Wildman–Crippen LogP) is 7.85. The maximum Gasteiger partial charge on any atom is 0.354 e. The summed E-state index contributed by atoms with van der Waals surface area (Å²) in [5, 5.41) is 52.0. The number of hydrogen-bond donors (Lipinski definition) is 7. The molecule has 0 aliphatic heterocycles. The van der Waals surface area contributed by atoms with Crippen LogP contribution < -0.4 is 11.1 Å². The average Bonchev–Trinajstić information content (AvgIpc) is 3.77. The van der Waals surface area contributed by atoms with E-state index in [0.29, 0.717) is 54.2 Å². The lowest BCUT2D eigenvalue weighted by Crippen LogP contribution is -2.53. The number of amides is 1. The van der Waals surface area contributed by atoms with Crippen LogP contribution in [0.1, 0.15) is 139 Å². The van der Waals surface area contributed by atoms with Gasteiger partial charge in [0.05, 0.1) is 12.2 Å². The fourth-order valence-corrected chi connectivity index (χ4v) is 14.3. The number of carbonyl (C=O) groups is 2. The van der Waals surface area contributed by atoms with Crippen LogP contribution >= 0.6 is 0 Å². The Balaban J connectivity index is 0.000000180. The van der Waals surface area contributed by atoms with Crippen molar-refractivity contribution in [1.29, 1.82) is 0 Å². The summed E-state index contributed by atoms with van der Waals surface area (Å²) in [5.41, 5.74) is 10.1. The Labute approximate surface area is 376 Å². The zero-order valence-corrected chi connectivity index (χ0v) is 38.6. The van der Waals surface area contributed by atoms with Crippen LogP contribution in [-0.2, 0) is 0 Å². The van der Waals surface area contributed by atoms with Gasteiger partial charge in [0, 0.05) is 32.2 Å². The van der Waals surface area contributed by atoms with Gasteiger partial charge in [-0.2, -0.15) is 0 Å². The molecule has 8 rings (SSSR count). The number of hydrogen-bond acceptors (Lipinski definition) is 9. The maximum atomic E-state index is 12.8. The summed E-state index contributed by atoms with van der Waals surface area (Å²) in [5.74, 6) is 2.19. The van der Waals surface area contributed by atoms with Crippen LogP contribution in [0.5, 0.6) is 0 Å². The summed E-state index contributed by atoms with van der Waals surface area (Å²) in [7, 11) is 0. The summed E-state index contributed by atoms with van der Waals surface area (Å²) in [4.78, 5) is 30.7. The van der Waals surface area contributed by atoms with E-state index in [0.717, 1.165) is 70.8 Å². The molecular formula is C52H78N4O7. The topological polar surface area (TPSA) is 199 Å². The molecule has 0 radical (unpaired) electrons. The van der Waals surface area contributed by atoms with Gasteiger partial charge in [0.15, 0.2) is 0 Å². The summed E-state index contributed by atoms with van der Waals surface area (Å²) in [6.07, 6.45) is 16.8. The Hall–Kier alpha value is -3.48. The predicted molar refractivity (Wildman–Crippen MR) is 246 cm³/mol. The molecule has 1 amide bonds. The highest BCUT2D eigenvalue weighted by Crippen LogP contribution is 2.65. The number of aromatic carboxylic acids is 1. The van der Waals surface area contributed by atoms with Gasteiger partial charge < -0.3 is 36.6 Å². The van der Waals surface area contributed by atoms with Crippen LogP contribution in [0.2, 0.25) is 0 Å². The van der Waals surface area contributed by atoms with Gasteiger partial charge >= 0.3 is 5.97 Å². The second-order valence-corrected chi connectivity index (χ2v) is 21.3. The summed E-state index contributed by atoms with van der Waals surface area (Å²) >= 11 is 0. The highest BCUT2D eigenvalue weighted by Gasteiger charge is 2.58. The molecule has 0 spiro atoms. The minimum Gasteiger partial charge on any atom is -0.477 e. The quantitative estimate of drug-likeness (QED) is 0.122. The van der Waals surface area contributed by atoms with Gasteiger partial charge in [-0.05, 0) is 190 Å². The fourth-order valence-electron chi connectivity index (χ4n) is 14.3. The van der Waals surface area contributed by atoms with Crippen LogP contribution in [0.3, 0.4) is 0 Å². The third-order valence-corrected chi connectivity index (χ3v) is 18.5. The molecule has 11 nitrogen and oxygen atoms in total. The van der Waals surface area contributed by atoms with E-state index in [1.165, 1.54) is 42.7 Å². The van der Waals surface area contributed by atoms with Crippen molar-refractivity contribution in [1.82, 2.24) is 15.3 Å². The van der Waals surface area contributed by atoms with Crippen LogP contribution in [0.4, 0.5) is 0 Å². The van der Waals surface area contributed by atoms with Crippen molar-refractivity contribution in [3.8, 4) is 0 Å². The van der Waals surface area contributed by atoms with Crippen molar-refractivity contribution in [2.24, 2.45) is 74.7 Å². The first-order valence-electron chi connectivity index (χ1n) is 23.9. The van der Waals surface area contributed by atoms with Crippen molar-refractivity contribution >= 4 is 11.9 Å². The van der Waals surface area contributed by atoms with E-state index >= 15 is 0 Å². The molecule has 6 aliphatic rings. The van der Waals surface area contributed by atoms with Crippen molar-refractivity contribution < 1.29 is 35.1 Å². The number of nitrogens with two attached hydrogens (primary N) is 1. The van der Waals surface area contributed by atoms with Crippen molar-refractivity contribution in [3.63, 3.8) is 0 Å². The molecule has 14 atom stereocenters. The van der Waals surface area contributed by atoms with Gasteiger partial charge in [-0.15, -0.1) is 0 Å². The van der Waals surface area contributed by atoms with E-state index in [9.17, 15) is 30.0 Å². The Morgan fingerprint density at radius 1 is 0.683 bits per heavy atom. The molecule has 348 valence electrons. The molecule has 0 aromatic carbocycles. The van der Waals surface area contributed by atoms with E-state index in [4.69, 9.17) is 10.8 Å². The Morgan fingerprint density at radius 3 is 1.56 bits per heavy atom. The van der Waals surface area contributed by atoms with E-state index in [1.54, 1.807) is 24.4 Å². The van der Waals surface area contributed by atoms with Gasteiger partial charge in [-0.1, -0.05) is 64.1 Å². The second-order valence-electron chi connectivity index (χ2n) is 21.3. The lowest BCUT2D eigenvalue weighted by atomic mass is 9.49. The Kier molecular flexibility index (Phi) is 15.8. The third kappa shape index (κ3) is 9.89. The lowest BCUT2D eigenvalue weighted by Gasteiger charge is -2.56. The van der Waals surface area contributed by atoms with E-state index in [1.807, 2.05) is 12.1 Å². The van der Waals surface area contributed by atoms with Crippen LogP contribution in [0.25, 0.3) is 0 Å². The molecule has 6 saturated carbocycles. The van der Waals surface area contributed by atoms with Gasteiger partial charge in [0.2, 0.25) is 0 Å². The zero-order valence-electron chi connectivity index (χ0n) is 38.6. The number of aromatic nitrogens is 2. The zero-order chi connectivity index (χ0) is 45.7.